The van der Waals surface area contributed by atoms with Crippen molar-refractivity contribution >= 4 is 28.6 Å². The molecule has 1 aliphatic rings. The molecule has 1 aromatic heterocycles. The molecule has 1 aliphatic carbocycles. The van der Waals surface area contributed by atoms with E-state index in [1.807, 2.05) is 48.5 Å². The Morgan fingerprint density at radius 3 is 2.38 bits per heavy atom. The summed E-state index contributed by atoms with van der Waals surface area (Å²) in [6, 6.07) is 15.9. The van der Waals surface area contributed by atoms with E-state index in [-0.39, 0.29) is 30.6 Å². The van der Waals surface area contributed by atoms with E-state index in [0.717, 1.165) is 82.3 Å². The molecule has 0 saturated heterocycles. The maximum absolute atomic E-state index is 14.0. The number of hydrogen-bond acceptors (Lipinski definition) is 7. The molecule has 8 nitrogen and oxygen atoms in total. The summed E-state index contributed by atoms with van der Waals surface area (Å²) in [6.07, 6.45) is 7.71. The molecule has 2 unspecified atom stereocenters. The quantitative estimate of drug-likeness (QED) is 0.141. The molecular formula is C39H53N3O5. The van der Waals surface area contributed by atoms with Gasteiger partial charge >= 0.3 is 5.97 Å². The molecule has 2 atom stereocenters. The van der Waals surface area contributed by atoms with Crippen molar-refractivity contribution in [2.45, 2.75) is 104 Å². The minimum Gasteiger partial charge on any atom is -0.494 e. The molecule has 0 spiro atoms. The maximum atomic E-state index is 14.0. The van der Waals surface area contributed by atoms with Gasteiger partial charge in [0.25, 0.3) is 5.91 Å². The van der Waals surface area contributed by atoms with Gasteiger partial charge in [-0.25, -0.2) is 4.98 Å². The zero-order chi connectivity index (χ0) is 33.6. The highest BCUT2D eigenvalue weighted by Crippen LogP contribution is 2.27. The minimum absolute atomic E-state index is 0.118. The van der Waals surface area contributed by atoms with E-state index in [1.54, 1.807) is 6.07 Å². The number of Topliss-reactive ketones (excluding diaryl/α,β-unsaturated/α-hetero) is 1. The molecule has 0 bridgehead atoms. The standard InChI is InChI=1S/C39H53N3O5/c1-5-24-46-30-21-19-29(20-22-30)35-26-33(32-17-11-12-18-34(32)40-35)39(45)41-36(27-38(44)47-31-15-9-8-10-16-31)37(43)25-28(4)14-13-23-42(6-2)7-3/h11-12,17-22,26,28,31,36H,5-10,13-16,23-25,27H2,1-4H3,(H,41,45). The summed E-state index contributed by atoms with van der Waals surface area (Å²) >= 11 is 0. The first-order chi connectivity index (χ1) is 22.8. The number of ketones is 1. The number of pyridine rings is 1. The smallest absolute Gasteiger partial charge is 0.308 e. The predicted octanol–water partition coefficient (Wildman–Crippen LogP) is 7.77. The molecule has 4 rings (SSSR count). The van der Waals surface area contributed by atoms with Gasteiger partial charge in [0, 0.05) is 17.4 Å². The number of benzene rings is 2. The van der Waals surface area contributed by atoms with Crippen LogP contribution in [-0.2, 0) is 14.3 Å². The maximum Gasteiger partial charge on any atom is 0.308 e. The summed E-state index contributed by atoms with van der Waals surface area (Å²) in [7, 11) is 0. The van der Waals surface area contributed by atoms with Gasteiger partial charge in [0.2, 0.25) is 0 Å². The molecule has 47 heavy (non-hydrogen) atoms. The molecule has 1 amide bonds. The molecule has 0 aliphatic heterocycles. The van der Waals surface area contributed by atoms with E-state index < -0.39 is 17.9 Å². The topological polar surface area (TPSA) is 97.8 Å². The van der Waals surface area contributed by atoms with Crippen LogP contribution in [0.3, 0.4) is 0 Å². The largest absolute Gasteiger partial charge is 0.494 e. The van der Waals surface area contributed by atoms with Crippen molar-refractivity contribution in [3.05, 3.63) is 60.2 Å². The summed E-state index contributed by atoms with van der Waals surface area (Å²) in [6.45, 7) is 12.1. The summed E-state index contributed by atoms with van der Waals surface area (Å²) < 4.78 is 11.5. The Morgan fingerprint density at radius 2 is 1.68 bits per heavy atom. The average molecular weight is 644 g/mol. The number of amides is 1. The molecule has 1 fully saturated rings. The van der Waals surface area contributed by atoms with Crippen molar-refractivity contribution in [2.24, 2.45) is 5.92 Å². The number of ether oxygens (including phenoxy) is 2. The van der Waals surface area contributed by atoms with E-state index in [9.17, 15) is 14.4 Å². The molecule has 3 aromatic rings. The zero-order valence-corrected chi connectivity index (χ0v) is 28.8. The normalized spacial score (nSPS) is 14.9. The number of esters is 1. The van der Waals surface area contributed by atoms with E-state index in [0.29, 0.717) is 28.8 Å². The van der Waals surface area contributed by atoms with Crippen molar-refractivity contribution in [3.8, 4) is 17.0 Å². The molecule has 2 aromatic carbocycles. The Morgan fingerprint density at radius 1 is 0.957 bits per heavy atom. The van der Waals surface area contributed by atoms with Gasteiger partial charge in [0.1, 0.15) is 11.9 Å². The number of nitrogens with zero attached hydrogens (tertiary/aromatic N) is 2. The van der Waals surface area contributed by atoms with Gasteiger partial charge in [0.15, 0.2) is 5.78 Å². The predicted molar refractivity (Wildman–Crippen MR) is 188 cm³/mol. The highest BCUT2D eigenvalue weighted by molar-refractivity contribution is 6.08. The third-order valence-electron chi connectivity index (χ3n) is 9.11. The van der Waals surface area contributed by atoms with E-state index in [1.165, 1.54) is 0 Å². The third kappa shape index (κ3) is 10.9. The zero-order valence-electron chi connectivity index (χ0n) is 28.8. The van der Waals surface area contributed by atoms with E-state index in [2.05, 4.69) is 37.9 Å². The van der Waals surface area contributed by atoms with Crippen LogP contribution >= 0.6 is 0 Å². The number of nitrogens with one attached hydrogen (secondary N) is 1. The van der Waals surface area contributed by atoms with Crippen LogP contribution in [0.1, 0.15) is 102 Å². The van der Waals surface area contributed by atoms with Gasteiger partial charge < -0.3 is 19.7 Å². The van der Waals surface area contributed by atoms with Gasteiger partial charge in [-0.05, 0) is 107 Å². The molecule has 1 heterocycles. The van der Waals surface area contributed by atoms with Crippen molar-refractivity contribution in [3.63, 3.8) is 0 Å². The Hall–Kier alpha value is -3.78. The Bertz CT molecular complexity index is 1450. The first-order valence-electron chi connectivity index (χ1n) is 17.7. The lowest BCUT2D eigenvalue weighted by Crippen LogP contribution is -2.43. The van der Waals surface area contributed by atoms with Crippen LogP contribution in [0.25, 0.3) is 22.2 Å². The van der Waals surface area contributed by atoms with Crippen LogP contribution in [0, 0.1) is 5.92 Å². The number of rotatable bonds is 18. The van der Waals surface area contributed by atoms with Crippen LogP contribution in [0.4, 0.5) is 0 Å². The average Bonchev–Trinajstić information content (AvgIpc) is 3.09. The lowest BCUT2D eigenvalue weighted by atomic mass is 9.94. The number of aromatic nitrogens is 1. The highest BCUT2D eigenvalue weighted by Gasteiger charge is 2.29. The van der Waals surface area contributed by atoms with Crippen LogP contribution in [0.2, 0.25) is 0 Å². The van der Waals surface area contributed by atoms with Gasteiger partial charge in [-0.15, -0.1) is 0 Å². The molecular weight excluding hydrogens is 590 g/mol. The number of para-hydroxylation sites is 1. The lowest BCUT2D eigenvalue weighted by Gasteiger charge is -2.24. The Balaban J connectivity index is 1.54. The highest BCUT2D eigenvalue weighted by atomic mass is 16.5. The number of fused-ring (bicyclic) bond motifs is 1. The van der Waals surface area contributed by atoms with Crippen LogP contribution in [0.5, 0.6) is 5.75 Å². The molecule has 1 N–H and O–H groups in total. The first kappa shape index (κ1) is 36.1. The first-order valence-corrected chi connectivity index (χ1v) is 17.7. The SMILES string of the molecule is CCCOc1ccc(-c2cc(C(=O)NC(CC(=O)OC3CCCCC3)C(=O)CC(C)CCCN(CC)CC)c3ccccc3n2)cc1. The number of hydrogen-bond donors (Lipinski definition) is 1. The van der Waals surface area contributed by atoms with E-state index >= 15 is 0 Å². The fourth-order valence-electron chi connectivity index (χ4n) is 6.31. The van der Waals surface area contributed by atoms with Crippen LogP contribution < -0.4 is 10.1 Å². The van der Waals surface area contributed by atoms with Gasteiger partial charge in [-0.2, -0.15) is 0 Å². The summed E-state index contributed by atoms with van der Waals surface area (Å²) in [5.41, 5.74) is 2.55. The van der Waals surface area contributed by atoms with Gasteiger partial charge in [-0.1, -0.05) is 52.3 Å². The van der Waals surface area contributed by atoms with Crippen molar-refractivity contribution in [2.75, 3.05) is 26.2 Å². The fraction of sp³-hybridized carbons (Fsp3) is 0.538. The Labute approximate surface area is 280 Å². The van der Waals surface area contributed by atoms with Crippen molar-refractivity contribution < 1.29 is 23.9 Å². The van der Waals surface area contributed by atoms with Crippen LogP contribution in [-0.4, -0.2) is 65.9 Å². The van der Waals surface area contributed by atoms with Gasteiger partial charge in [-0.3, -0.25) is 14.4 Å². The summed E-state index contributed by atoms with van der Waals surface area (Å²) in [5, 5.41) is 3.64. The second-order valence-electron chi connectivity index (χ2n) is 12.9. The summed E-state index contributed by atoms with van der Waals surface area (Å²) in [5.74, 6) is -0.0840. The van der Waals surface area contributed by atoms with Gasteiger partial charge in [0.05, 0.1) is 35.8 Å². The molecule has 254 valence electrons. The number of carbonyl (C=O) groups excluding carboxylic acids is 3. The minimum atomic E-state index is -0.978. The molecule has 1 saturated carbocycles. The van der Waals surface area contributed by atoms with E-state index in [4.69, 9.17) is 14.5 Å². The number of carbonyl (C=O) groups is 3. The third-order valence-corrected chi connectivity index (χ3v) is 9.11. The second-order valence-corrected chi connectivity index (χ2v) is 12.9. The fourth-order valence-corrected chi connectivity index (χ4v) is 6.31. The lowest BCUT2D eigenvalue weighted by molar-refractivity contribution is -0.152. The Kier molecular flexibility index (Phi) is 14.2. The van der Waals surface area contributed by atoms with Crippen molar-refractivity contribution in [1.29, 1.82) is 0 Å². The summed E-state index contributed by atoms with van der Waals surface area (Å²) in [4.78, 5) is 48.1. The molecule has 0 radical (unpaired) electrons. The van der Waals surface area contributed by atoms with Crippen molar-refractivity contribution in [1.82, 2.24) is 15.2 Å². The second kappa shape index (κ2) is 18.5. The molecule has 8 heteroatoms. The monoisotopic (exact) mass is 643 g/mol. The van der Waals surface area contributed by atoms with Crippen LogP contribution in [0.15, 0.2) is 54.6 Å².